The molecule has 1 aromatic heterocycles. The zero-order valence-corrected chi connectivity index (χ0v) is 11.6. The van der Waals surface area contributed by atoms with E-state index in [4.69, 9.17) is 5.73 Å². The van der Waals surface area contributed by atoms with Gasteiger partial charge in [-0.2, -0.15) is 0 Å². The summed E-state index contributed by atoms with van der Waals surface area (Å²) in [5, 5.41) is 3.00. The number of nitrogens with zero attached hydrogens (tertiary/aromatic N) is 2. The molecule has 1 heterocycles. The number of aryl methyl sites for hydroxylation is 2. The maximum absolute atomic E-state index is 11.4. The number of carbonyl (C=O) groups is 1. The van der Waals surface area contributed by atoms with E-state index in [0.717, 1.165) is 38.1 Å². The van der Waals surface area contributed by atoms with Crippen LogP contribution in [0.1, 0.15) is 38.9 Å². The fourth-order valence-electron chi connectivity index (χ4n) is 1.97. The molecule has 0 aliphatic heterocycles. The van der Waals surface area contributed by atoms with Crippen LogP contribution in [0, 0.1) is 0 Å². The monoisotopic (exact) mass is 252 g/mol. The van der Waals surface area contributed by atoms with Crippen molar-refractivity contribution >= 4 is 5.91 Å². The van der Waals surface area contributed by atoms with Crippen LogP contribution >= 0.6 is 0 Å². The van der Waals surface area contributed by atoms with E-state index in [-0.39, 0.29) is 5.91 Å². The molecule has 0 saturated carbocycles. The number of nitrogens with two attached hydrogens (primary N) is 1. The number of amides is 1. The number of hydrogen-bond donors (Lipinski definition) is 2. The summed E-state index contributed by atoms with van der Waals surface area (Å²) < 4.78 is 2.15. The molecule has 0 aromatic carbocycles. The van der Waals surface area contributed by atoms with E-state index in [9.17, 15) is 4.79 Å². The number of aromatic nitrogens is 2. The van der Waals surface area contributed by atoms with E-state index < -0.39 is 5.54 Å². The van der Waals surface area contributed by atoms with Gasteiger partial charge in [0.2, 0.25) is 5.91 Å². The highest BCUT2D eigenvalue weighted by Crippen LogP contribution is 2.13. The molecule has 0 saturated heterocycles. The van der Waals surface area contributed by atoms with Crippen molar-refractivity contribution in [2.24, 2.45) is 5.73 Å². The first-order valence-electron chi connectivity index (χ1n) is 6.52. The van der Waals surface area contributed by atoms with Gasteiger partial charge in [-0.15, -0.1) is 0 Å². The molecule has 0 spiro atoms. The van der Waals surface area contributed by atoms with Gasteiger partial charge in [-0.05, 0) is 33.2 Å². The lowest BCUT2D eigenvalue weighted by Crippen LogP contribution is -2.51. The highest BCUT2D eigenvalue weighted by atomic mass is 16.1. The molecule has 0 fully saturated rings. The average molecular weight is 252 g/mol. The van der Waals surface area contributed by atoms with Crippen molar-refractivity contribution in [3.05, 3.63) is 18.2 Å². The van der Waals surface area contributed by atoms with E-state index >= 15 is 0 Å². The maximum Gasteiger partial charge on any atom is 0.237 e. The van der Waals surface area contributed by atoms with Gasteiger partial charge in [0.05, 0.1) is 5.54 Å². The molecule has 5 nitrogen and oxygen atoms in total. The zero-order valence-electron chi connectivity index (χ0n) is 11.6. The summed E-state index contributed by atoms with van der Waals surface area (Å²) in [6.07, 6.45) is 7.52. The number of rotatable bonds is 8. The van der Waals surface area contributed by atoms with E-state index in [0.29, 0.717) is 0 Å². The second-order valence-corrected chi connectivity index (χ2v) is 4.84. The number of imidazole rings is 1. The summed E-state index contributed by atoms with van der Waals surface area (Å²) >= 11 is 0. The van der Waals surface area contributed by atoms with Crippen molar-refractivity contribution in [3.63, 3.8) is 0 Å². The number of likely N-dealkylation sites (N-methyl/N-ethyl adjacent to an activating group) is 1. The van der Waals surface area contributed by atoms with Crippen LogP contribution in [-0.4, -0.2) is 28.0 Å². The molecular weight excluding hydrogens is 228 g/mol. The first kappa shape index (κ1) is 14.7. The first-order chi connectivity index (χ1) is 8.53. The number of nitrogens with one attached hydrogen (secondary N) is 1. The Kier molecular flexibility index (Phi) is 5.34. The molecule has 1 aromatic rings. The molecule has 1 unspecified atom stereocenters. The molecule has 0 radical (unpaired) electrons. The Balaban J connectivity index is 2.50. The van der Waals surface area contributed by atoms with Crippen LogP contribution in [0.25, 0.3) is 0 Å². The van der Waals surface area contributed by atoms with Gasteiger partial charge < -0.3 is 15.6 Å². The molecule has 1 amide bonds. The van der Waals surface area contributed by atoms with Gasteiger partial charge in [0.25, 0.3) is 0 Å². The van der Waals surface area contributed by atoms with Crippen molar-refractivity contribution in [2.75, 3.05) is 7.05 Å². The highest BCUT2D eigenvalue weighted by molar-refractivity contribution is 5.84. The van der Waals surface area contributed by atoms with Crippen molar-refractivity contribution in [2.45, 2.75) is 51.6 Å². The molecule has 102 valence electrons. The Hall–Kier alpha value is -1.36. The second-order valence-electron chi connectivity index (χ2n) is 4.84. The minimum atomic E-state index is -0.620. The third kappa shape index (κ3) is 3.57. The van der Waals surface area contributed by atoms with Crippen molar-refractivity contribution in [1.82, 2.24) is 14.9 Å². The molecule has 0 bridgehead atoms. The lowest BCUT2D eigenvalue weighted by atomic mass is 9.95. The Morgan fingerprint density at radius 3 is 2.89 bits per heavy atom. The topological polar surface area (TPSA) is 72.9 Å². The van der Waals surface area contributed by atoms with E-state index in [1.165, 1.54) is 0 Å². The van der Waals surface area contributed by atoms with Crippen LogP contribution in [0.2, 0.25) is 0 Å². The van der Waals surface area contributed by atoms with E-state index in [1.807, 2.05) is 19.3 Å². The van der Waals surface area contributed by atoms with Crippen LogP contribution in [0.15, 0.2) is 12.4 Å². The molecule has 18 heavy (non-hydrogen) atoms. The highest BCUT2D eigenvalue weighted by Gasteiger charge is 2.28. The predicted octanol–water partition coefficient (Wildman–Crippen LogP) is 1.08. The SMILES string of the molecule is CCCc1nccn1CCCC(C)(NC)C(N)=O. The van der Waals surface area contributed by atoms with Crippen molar-refractivity contribution in [1.29, 1.82) is 0 Å². The van der Waals surface area contributed by atoms with Gasteiger partial charge in [0, 0.05) is 25.4 Å². The molecule has 0 aliphatic carbocycles. The summed E-state index contributed by atoms with van der Waals surface area (Å²) in [7, 11) is 1.77. The Bertz CT molecular complexity index is 388. The standard InChI is InChI=1S/C13H24N4O/c1-4-6-11-16-8-10-17(11)9-5-7-13(2,15-3)12(14)18/h8,10,15H,4-7,9H2,1-3H3,(H2,14,18). The lowest BCUT2D eigenvalue weighted by molar-refractivity contribution is -0.123. The minimum absolute atomic E-state index is 0.301. The minimum Gasteiger partial charge on any atom is -0.368 e. The third-order valence-corrected chi connectivity index (χ3v) is 3.45. The number of carbonyl (C=O) groups excluding carboxylic acids is 1. The van der Waals surface area contributed by atoms with Gasteiger partial charge in [0.15, 0.2) is 0 Å². The lowest BCUT2D eigenvalue weighted by Gasteiger charge is -2.25. The summed E-state index contributed by atoms with van der Waals surface area (Å²) in [5.41, 5.74) is 4.78. The summed E-state index contributed by atoms with van der Waals surface area (Å²) in [6, 6.07) is 0. The molecule has 0 aliphatic rings. The average Bonchev–Trinajstić information content (AvgIpc) is 2.77. The first-order valence-corrected chi connectivity index (χ1v) is 6.52. The largest absolute Gasteiger partial charge is 0.368 e. The Morgan fingerprint density at radius 1 is 1.61 bits per heavy atom. The molecule has 1 atom stereocenters. The van der Waals surface area contributed by atoms with Crippen LogP contribution in [-0.2, 0) is 17.8 Å². The predicted molar refractivity (Wildman–Crippen MR) is 72.1 cm³/mol. The molecular formula is C13H24N4O. The van der Waals surface area contributed by atoms with E-state index in [2.05, 4.69) is 21.8 Å². The third-order valence-electron chi connectivity index (χ3n) is 3.45. The zero-order chi connectivity index (χ0) is 13.6. The van der Waals surface area contributed by atoms with Gasteiger partial charge >= 0.3 is 0 Å². The number of hydrogen-bond acceptors (Lipinski definition) is 3. The molecule has 3 N–H and O–H groups in total. The van der Waals surface area contributed by atoms with Crippen LogP contribution in [0.5, 0.6) is 0 Å². The Labute approximate surface area is 109 Å². The Morgan fingerprint density at radius 2 is 2.33 bits per heavy atom. The molecule has 5 heteroatoms. The normalized spacial score (nSPS) is 14.4. The fraction of sp³-hybridized carbons (Fsp3) is 0.692. The number of primary amides is 1. The van der Waals surface area contributed by atoms with Crippen LogP contribution in [0.3, 0.4) is 0 Å². The van der Waals surface area contributed by atoms with Crippen molar-refractivity contribution in [3.8, 4) is 0 Å². The van der Waals surface area contributed by atoms with E-state index in [1.54, 1.807) is 7.05 Å². The smallest absolute Gasteiger partial charge is 0.237 e. The van der Waals surface area contributed by atoms with Gasteiger partial charge in [-0.3, -0.25) is 4.79 Å². The van der Waals surface area contributed by atoms with Crippen LogP contribution < -0.4 is 11.1 Å². The van der Waals surface area contributed by atoms with Crippen molar-refractivity contribution < 1.29 is 4.79 Å². The molecule has 1 rings (SSSR count). The van der Waals surface area contributed by atoms with Gasteiger partial charge in [0.1, 0.15) is 5.82 Å². The quantitative estimate of drug-likeness (QED) is 0.727. The maximum atomic E-state index is 11.4. The van der Waals surface area contributed by atoms with Gasteiger partial charge in [-0.1, -0.05) is 6.92 Å². The second kappa shape index (κ2) is 6.54. The fourth-order valence-corrected chi connectivity index (χ4v) is 1.97. The summed E-state index contributed by atoms with van der Waals surface area (Å²) in [4.78, 5) is 15.7. The van der Waals surface area contributed by atoms with Crippen LogP contribution in [0.4, 0.5) is 0 Å². The summed E-state index contributed by atoms with van der Waals surface area (Å²) in [5.74, 6) is 0.812. The summed E-state index contributed by atoms with van der Waals surface area (Å²) in [6.45, 7) is 4.86. The van der Waals surface area contributed by atoms with Gasteiger partial charge in [-0.25, -0.2) is 4.98 Å².